The molecule has 27 heavy (non-hydrogen) atoms. The molecule has 4 rings (SSSR count). The Kier molecular flexibility index (Phi) is 5.09. The highest BCUT2D eigenvalue weighted by Crippen LogP contribution is 2.22. The molecule has 1 aliphatic heterocycles. The number of nitrogens with zero attached hydrogens (tertiary/aromatic N) is 5. The molecule has 1 aliphatic rings. The molecule has 1 fully saturated rings. The van der Waals surface area contributed by atoms with Crippen LogP contribution in [0.5, 0.6) is 0 Å². The van der Waals surface area contributed by atoms with E-state index >= 15 is 0 Å². The summed E-state index contributed by atoms with van der Waals surface area (Å²) in [5.74, 6) is 0.829. The van der Waals surface area contributed by atoms with Crippen LogP contribution in [0.4, 0.5) is 5.82 Å². The van der Waals surface area contributed by atoms with E-state index in [9.17, 15) is 4.79 Å². The molecule has 0 radical (unpaired) electrons. The fourth-order valence-corrected chi connectivity index (χ4v) is 4.20. The summed E-state index contributed by atoms with van der Waals surface area (Å²) < 4.78 is 1.87. The Hall–Kier alpha value is -2.45. The van der Waals surface area contributed by atoms with E-state index in [0.717, 1.165) is 48.1 Å². The number of nitrogens with one attached hydrogen (secondary N) is 1. The first-order valence-electron chi connectivity index (χ1n) is 8.73. The predicted molar refractivity (Wildman–Crippen MR) is 107 cm³/mol. The molecule has 0 spiro atoms. The molecule has 9 heteroatoms. The summed E-state index contributed by atoms with van der Waals surface area (Å²) in [6.07, 6.45) is 8.47. The van der Waals surface area contributed by atoms with Gasteiger partial charge in [-0.05, 0) is 25.8 Å². The van der Waals surface area contributed by atoms with Crippen LogP contribution >= 0.6 is 22.9 Å². The van der Waals surface area contributed by atoms with Gasteiger partial charge < -0.3 is 10.2 Å². The lowest BCUT2D eigenvalue weighted by atomic mass is 10.0. The van der Waals surface area contributed by atoms with E-state index in [4.69, 9.17) is 11.6 Å². The summed E-state index contributed by atoms with van der Waals surface area (Å²) in [6, 6.07) is 2.14. The molecule has 1 N–H and O–H groups in total. The summed E-state index contributed by atoms with van der Waals surface area (Å²) in [5, 5.41) is 5.41. The highest BCUT2D eigenvalue weighted by atomic mass is 35.5. The quantitative estimate of drug-likeness (QED) is 0.679. The van der Waals surface area contributed by atoms with E-state index in [1.54, 1.807) is 12.4 Å². The van der Waals surface area contributed by atoms with Gasteiger partial charge in [-0.25, -0.2) is 15.0 Å². The molecule has 0 atom stereocenters. The van der Waals surface area contributed by atoms with Crippen molar-refractivity contribution in [3.63, 3.8) is 0 Å². The third-order valence-corrected chi connectivity index (χ3v) is 5.64. The van der Waals surface area contributed by atoms with Gasteiger partial charge in [-0.1, -0.05) is 11.6 Å². The Morgan fingerprint density at radius 1 is 1.37 bits per heavy atom. The van der Waals surface area contributed by atoms with Crippen molar-refractivity contribution in [2.45, 2.75) is 25.8 Å². The third-order valence-electron chi connectivity index (χ3n) is 4.60. The number of amides is 1. The van der Waals surface area contributed by atoms with E-state index in [0.29, 0.717) is 5.15 Å². The van der Waals surface area contributed by atoms with Crippen LogP contribution in [-0.2, 0) is 4.79 Å². The Morgan fingerprint density at radius 3 is 2.96 bits per heavy atom. The fraction of sp³-hybridized carbons (Fsp3) is 0.333. The molecule has 140 valence electrons. The maximum absolute atomic E-state index is 12.3. The number of anilines is 1. The van der Waals surface area contributed by atoms with Gasteiger partial charge in [0.15, 0.2) is 10.1 Å². The number of rotatable bonds is 4. The van der Waals surface area contributed by atoms with Crippen molar-refractivity contribution < 1.29 is 4.79 Å². The molecule has 0 saturated carbocycles. The van der Waals surface area contributed by atoms with Crippen LogP contribution in [0.3, 0.4) is 0 Å². The molecule has 1 amide bonds. The van der Waals surface area contributed by atoms with Gasteiger partial charge in [-0.15, -0.1) is 11.3 Å². The smallest absolute Gasteiger partial charge is 0.244 e. The van der Waals surface area contributed by atoms with Gasteiger partial charge in [0, 0.05) is 48.5 Å². The van der Waals surface area contributed by atoms with Crippen molar-refractivity contribution >= 4 is 45.7 Å². The van der Waals surface area contributed by atoms with Gasteiger partial charge in [0.2, 0.25) is 5.91 Å². The molecule has 4 heterocycles. The minimum atomic E-state index is -0.118. The normalized spacial score (nSPS) is 15.7. The first-order valence-corrected chi connectivity index (χ1v) is 9.99. The maximum atomic E-state index is 12.3. The number of aryl methyl sites for hydroxylation is 1. The van der Waals surface area contributed by atoms with Crippen molar-refractivity contribution in [3.8, 4) is 0 Å². The SMILES string of the molecule is Cc1cc(N2CCC(NC(=O)C=Cc3c(Cl)nc4sccn34)CC2)ncn1. The van der Waals surface area contributed by atoms with Crippen molar-refractivity contribution in [3.05, 3.63) is 46.6 Å². The van der Waals surface area contributed by atoms with Gasteiger partial charge in [-0.2, -0.15) is 0 Å². The summed E-state index contributed by atoms with van der Waals surface area (Å²) in [4.78, 5) is 28.1. The first-order chi connectivity index (χ1) is 13.1. The number of carbonyl (C=O) groups excluding carboxylic acids is 1. The van der Waals surface area contributed by atoms with Gasteiger partial charge in [0.25, 0.3) is 0 Å². The second-order valence-corrected chi connectivity index (χ2v) is 7.70. The number of piperidine rings is 1. The third kappa shape index (κ3) is 3.96. The summed E-state index contributed by atoms with van der Waals surface area (Å²) in [7, 11) is 0. The monoisotopic (exact) mass is 402 g/mol. The minimum Gasteiger partial charge on any atom is -0.356 e. The van der Waals surface area contributed by atoms with Gasteiger partial charge >= 0.3 is 0 Å². The van der Waals surface area contributed by atoms with Crippen LogP contribution in [-0.4, -0.2) is 44.4 Å². The van der Waals surface area contributed by atoms with Crippen LogP contribution in [0.1, 0.15) is 24.2 Å². The molecular formula is C18H19ClN6OS. The second-order valence-electron chi connectivity index (χ2n) is 6.46. The molecular weight excluding hydrogens is 384 g/mol. The number of carbonyl (C=O) groups is 1. The zero-order valence-corrected chi connectivity index (χ0v) is 16.4. The lowest BCUT2D eigenvalue weighted by Crippen LogP contribution is -2.44. The zero-order chi connectivity index (χ0) is 18.8. The second kappa shape index (κ2) is 7.66. The van der Waals surface area contributed by atoms with Crippen molar-refractivity contribution in [1.29, 1.82) is 0 Å². The number of fused-ring (bicyclic) bond motifs is 1. The Balaban J connectivity index is 1.33. The number of thiazole rings is 1. The van der Waals surface area contributed by atoms with Crippen LogP contribution in [0.25, 0.3) is 11.0 Å². The number of hydrogen-bond donors (Lipinski definition) is 1. The van der Waals surface area contributed by atoms with Crippen LogP contribution in [0.2, 0.25) is 5.15 Å². The molecule has 3 aromatic rings. The Labute approximate surface area is 165 Å². The van der Waals surface area contributed by atoms with E-state index < -0.39 is 0 Å². The lowest BCUT2D eigenvalue weighted by Gasteiger charge is -2.33. The maximum Gasteiger partial charge on any atom is 0.244 e. The number of halogens is 1. The largest absolute Gasteiger partial charge is 0.356 e. The molecule has 7 nitrogen and oxygen atoms in total. The van der Waals surface area contributed by atoms with E-state index in [2.05, 4.69) is 25.2 Å². The summed E-state index contributed by atoms with van der Waals surface area (Å²) in [6.45, 7) is 3.67. The predicted octanol–water partition coefficient (Wildman–Crippen LogP) is 2.95. The van der Waals surface area contributed by atoms with Gasteiger partial charge in [0.1, 0.15) is 12.1 Å². The highest BCUT2D eigenvalue weighted by Gasteiger charge is 2.21. The van der Waals surface area contributed by atoms with Crippen molar-refractivity contribution in [2.24, 2.45) is 0 Å². The minimum absolute atomic E-state index is 0.118. The average molecular weight is 403 g/mol. The van der Waals surface area contributed by atoms with Crippen LogP contribution < -0.4 is 10.2 Å². The van der Waals surface area contributed by atoms with Crippen LogP contribution in [0.15, 0.2) is 30.0 Å². The first kappa shape index (κ1) is 17.9. The van der Waals surface area contributed by atoms with Crippen LogP contribution in [0, 0.1) is 6.92 Å². The Bertz CT molecular complexity index is 989. The molecule has 1 saturated heterocycles. The number of imidazole rings is 1. The van der Waals surface area contributed by atoms with Crippen molar-refractivity contribution in [1.82, 2.24) is 24.7 Å². The summed E-state index contributed by atoms with van der Waals surface area (Å²) >= 11 is 7.65. The Morgan fingerprint density at radius 2 is 2.19 bits per heavy atom. The topological polar surface area (TPSA) is 75.4 Å². The lowest BCUT2D eigenvalue weighted by molar-refractivity contribution is -0.117. The van der Waals surface area contributed by atoms with Gasteiger partial charge in [-0.3, -0.25) is 9.20 Å². The molecule has 0 bridgehead atoms. The average Bonchev–Trinajstić information content (AvgIpc) is 3.21. The van der Waals surface area contributed by atoms with Gasteiger partial charge in [0.05, 0.1) is 5.69 Å². The molecule has 3 aromatic heterocycles. The fourth-order valence-electron chi connectivity index (χ4n) is 3.20. The number of aromatic nitrogens is 4. The van der Waals surface area contributed by atoms with E-state index in [1.807, 2.05) is 29.0 Å². The standard InChI is InChI=1S/C18H19ClN6OS/c1-12-10-15(21-11-20-12)24-6-4-13(5-7-24)22-16(26)3-2-14-17(19)23-18-25(14)8-9-27-18/h2-3,8-11,13H,4-7H2,1H3,(H,22,26). The molecule has 0 unspecified atom stereocenters. The number of hydrogen-bond acceptors (Lipinski definition) is 6. The van der Waals surface area contributed by atoms with Crippen molar-refractivity contribution in [2.75, 3.05) is 18.0 Å². The molecule has 0 aromatic carbocycles. The highest BCUT2D eigenvalue weighted by molar-refractivity contribution is 7.15. The van der Waals surface area contributed by atoms with E-state index in [-0.39, 0.29) is 11.9 Å². The zero-order valence-electron chi connectivity index (χ0n) is 14.8. The summed E-state index contributed by atoms with van der Waals surface area (Å²) in [5.41, 5.74) is 1.68. The molecule has 0 aliphatic carbocycles. The van der Waals surface area contributed by atoms with E-state index in [1.165, 1.54) is 17.4 Å².